The molecule has 1 unspecified atom stereocenters. The second-order valence-corrected chi connectivity index (χ2v) is 6.43. The fourth-order valence-corrected chi connectivity index (χ4v) is 3.12. The quantitative estimate of drug-likeness (QED) is 0.751. The lowest BCUT2D eigenvalue weighted by atomic mass is 10.2. The molecule has 1 atom stereocenters. The average molecular weight is 374 g/mol. The zero-order valence-corrected chi connectivity index (χ0v) is 14.1. The van der Waals surface area contributed by atoms with Crippen molar-refractivity contribution in [1.29, 1.82) is 0 Å². The minimum absolute atomic E-state index is 0.0263. The minimum atomic E-state index is -0.864. The summed E-state index contributed by atoms with van der Waals surface area (Å²) >= 11 is 4.58. The molecule has 0 amide bonds. The number of carboxylic acid groups (broad SMARTS) is 1. The number of aliphatic carboxylic acids is 1. The molecule has 0 bridgehead atoms. The highest BCUT2D eigenvalue weighted by Crippen LogP contribution is 2.29. The van der Waals surface area contributed by atoms with Crippen molar-refractivity contribution in [2.75, 3.05) is 19.5 Å². The molecule has 0 fully saturated rings. The van der Waals surface area contributed by atoms with Gasteiger partial charge in [-0.1, -0.05) is 11.8 Å². The summed E-state index contributed by atoms with van der Waals surface area (Å²) < 4.78 is 7.94. The topological polar surface area (TPSA) is 77.2 Å². The van der Waals surface area contributed by atoms with Gasteiger partial charge in [-0.3, -0.25) is 4.79 Å². The van der Waals surface area contributed by atoms with Crippen LogP contribution in [0.3, 0.4) is 0 Å². The van der Waals surface area contributed by atoms with Crippen LogP contribution < -0.4 is 0 Å². The van der Waals surface area contributed by atoms with E-state index in [2.05, 4.69) is 32.8 Å². The molecule has 0 saturated heterocycles. The SMILES string of the molecule is COCCC(C)n1c(SCC(=O)O)nc2cc(Br)cnc21. The monoisotopic (exact) mass is 373 g/mol. The molecule has 0 aliphatic carbocycles. The summed E-state index contributed by atoms with van der Waals surface area (Å²) in [7, 11) is 1.66. The van der Waals surface area contributed by atoms with Crippen LogP contribution in [0.4, 0.5) is 0 Å². The van der Waals surface area contributed by atoms with Gasteiger partial charge in [0.25, 0.3) is 0 Å². The zero-order valence-electron chi connectivity index (χ0n) is 11.7. The third-order valence-electron chi connectivity index (χ3n) is 2.97. The van der Waals surface area contributed by atoms with Crippen LogP contribution in [0.2, 0.25) is 0 Å². The number of fused-ring (bicyclic) bond motifs is 1. The van der Waals surface area contributed by atoms with Crippen molar-refractivity contribution >= 4 is 44.8 Å². The normalized spacial score (nSPS) is 12.7. The molecule has 6 nitrogen and oxygen atoms in total. The zero-order chi connectivity index (χ0) is 15.4. The number of carbonyl (C=O) groups is 1. The Labute approximate surface area is 135 Å². The van der Waals surface area contributed by atoms with Gasteiger partial charge in [-0.2, -0.15) is 0 Å². The number of thioether (sulfide) groups is 1. The maximum absolute atomic E-state index is 10.8. The summed E-state index contributed by atoms with van der Waals surface area (Å²) in [5.74, 6) is -0.890. The van der Waals surface area contributed by atoms with Gasteiger partial charge in [-0.15, -0.1) is 0 Å². The number of pyridine rings is 1. The molecule has 0 spiro atoms. The van der Waals surface area contributed by atoms with E-state index in [0.29, 0.717) is 11.8 Å². The molecule has 0 aliphatic rings. The van der Waals surface area contributed by atoms with E-state index in [1.807, 2.05) is 10.6 Å². The Bertz CT molecular complexity index is 647. The fourth-order valence-electron chi connectivity index (χ4n) is 1.98. The van der Waals surface area contributed by atoms with Crippen LogP contribution >= 0.6 is 27.7 Å². The maximum atomic E-state index is 10.8. The van der Waals surface area contributed by atoms with E-state index in [1.165, 1.54) is 11.8 Å². The standard InChI is InChI=1S/C13H16BrN3O3S/c1-8(3-4-20-2)17-12-10(5-9(14)6-15-12)16-13(17)21-7-11(18)19/h5-6,8H,3-4,7H2,1-2H3,(H,18,19). The van der Waals surface area contributed by atoms with Crippen molar-refractivity contribution in [1.82, 2.24) is 14.5 Å². The highest BCUT2D eigenvalue weighted by atomic mass is 79.9. The highest BCUT2D eigenvalue weighted by molar-refractivity contribution is 9.10. The molecule has 2 rings (SSSR count). The molecule has 0 radical (unpaired) electrons. The predicted molar refractivity (Wildman–Crippen MR) is 84.8 cm³/mol. The first-order valence-corrected chi connectivity index (χ1v) is 8.17. The molecule has 2 aromatic rings. The van der Waals surface area contributed by atoms with Crippen LogP contribution in [-0.4, -0.2) is 45.1 Å². The molecule has 2 heterocycles. The van der Waals surface area contributed by atoms with Gasteiger partial charge in [0.1, 0.15) is 5.52 Å². The van der Waals surface area contributed by atoms with Crippen LogP contribution in [0.15, 0.2) is 21.9 Å². The second kappa shape index (κ2) is 7.24. The molecule has 2 aromatic heterocycles. The summed E-state index contributed by atoms with van der Waals surface area (Å²) in [5, 5.41) is 9.53. The summed E-state index contributed by atoms with van der Waals surface area (Å²) in [4.78, 5) is 19.7. The molecule has 114 valence electrons. The number of aromatic nitrogens is 3. The van der Waals surface area contributed by atoms with Gasteiger partial charge >= 0.3 is 5.97 Å². The first-order chi connectivity index (χ1) is 10.0. The molecule has 1 N–H and O–H groups in total. The van der Waals surface area contributed by atoms with E-state index >= 15 is 0 Å². The molecular weight excluding hydrogens is 358 g/mol. The van der Waals surface area contributed by atoms with Crippen LogP contribution in [-0.2, 0) is 9.53 Å². The first-order valence-electron chi connectivity index (χ1n) is 6.40. The van der Waals surface area contributed by atoms with Gasteiger partial charge in [0.15, 0.2) is 10.8 Å². The van der Waals surface area contributed by atoms with Gasteiger partial charge in [-0.05, 0) is 35.3 Å². The lowest BCUT2D eigenvalue weighted by Gasteiger charge is -2.16. The van der Waals surface area contributed by atoms with Crippen LogP contribution in [0.25, 0.3) is 11.2 Å². The van der Waals surface area contributed by atoms with E-state index in [9.17, 15) is 4.79 Å². The van der Waals surface area contributed by atoms with Crippen LogP contribution in [0, 0.1) is 0 Å². The minimum Gasteiger partial charge on any atom is -0.481 e. The molecular formula is C13H16BrN3O3S. The molecule has 21 heavy (non-hydrogen) atoms. The fraction of sp³-hybridized carbons (Fsp3) is 0.462. The number of hydrogen-bond acceptors (Lipinski definition) is 5. The number of carboxylic acids is 1. The van der Waals surface area contributed by atoms with Gasteiger partial charge in [-0.25, -0.2) is 9.97 Å². The summed E-state index contributed by atoms with van der Waals surface area (Å²) in [6.45, 7) is 2.68. The van der Waals surface area contributed by atoms with Gasteiger partial charge in [0.05, 0.1) is 5.75 Å². The summed E-state index contributed by atoms with van der Waals surface area (Å²) in [6.07, 6.45) is 2.52. The lowest BCUT2D eigenvalue weighted by Crippen LogP contribution is -2.10. The largest absolute Gasteiger partial charge is 0.481 e. The number of methoxy groups -OCH3 is 1. The second-order valence-electron chi connectivity index (χ2n) is 4.57. The Morgan fingerprint density at radius 3 is 3.05 bits per heavy atom. The van der Waals surface area contributed by atoms with Crippen molar-refractivity contribution in [2.24, 2.45) is 0 Å². The molecule has 8 heteroatoms. The Kier molecular flexibility index (Phi) is 5.60. The summed E-state index contributed by atoms with van der Waals surface area (Å²) in [5.41, 5.74) is 1.51. The summed E-state index contributed by atoms with van der Waals surface area (Å²) in [6, 6.07) is 2.01. The Balaban J connectivity index is 2.41. The van der Waals surface area contributed by atoms with Gasteiger partial charge in [0.2, 0.25) is 0 Å². The molecule has 0 aromatic carbocycles. The van der Waals surface area contributed by atoms with Gasteiger partial charge in [0, 0.05) is 30.4 Å². The van der Waals surface area contributed by atoms with E-state index in [-0.39, 0.29) is 11.8 Å². The smallest absolute Gasteiger partial charge is 0.313 e. The predicted octanol–water partition coefficient (Wildman–Crippen LogP) is 2.97. The van der Waals surface area contributed by atoms with E-state index < -0.39 is 5.97 Å². The van der Waals surface area contributed by atoms with E-state index in [4.69, 9.17) is 9.84 Å². The highest BCUT2D eigenvalue weighted by Gasteiger charge is 2.18. The number of ether oxygens (including phenoxy) is 1. The van der Waals surface area contributed by atoms with E-state index in [1.54, 1.807) is 13.3 Å². The average Bonchev–Trinajstić information content (AvgIpc) is 2.79. The third kappa shape index (κ3) is 3.96. The number of hydrogen-bond donors (Lipinski definition) is 1. The Morgan fingerprint density at radius 1 is 1.62 bits per heavy atom. The maximum Gasteiger partial charge on any atom is 0.313 e. The van der Waals surface area contributed by atoms with E-state index in [0.717, 1.165) is 22.1 Å². The number of nitrogens with zero attached hydrogens (tertiary/aromatic N) is 3. The third-order valence-corrected chi connectivity index (χ3v) is 4.34. The number of halogens is 1. The van der Waals surface area contributed by atoms with Gasteiger partial charge < -0.3 is 14.4 Å². The van der Waals surface area contributed by atoms with Crippen molar-refractivity contribution < 1.29 is 14.6 Å². The molecule has 0 aliphatic heterocycles. The van der Waals surface area contributed by atoms with Crippen LogP contribution in [0.1, 0.15) is 19.4 Å². The van der Waals surface area contributed by atoms with Crippen molar-refractivity contribution in [3.05, 3.63) is 16.7 Å². The first kappa shape index (κ1) is 16.3. The molecule has 0 saturated carbocycles. The lowest BCUT2D eigenvalue weighted by molar-refractivity contribution is -0.133. The number of rotatable bonds is 7. The van der Waals surface area contributed by atoms with Crippen molar-refractivity contribution in [3.63, 3.8) is 0 Å². The Morgan fingerprint density at radius 2 is 2.38 bits per heavy atom. The Hall–Kier alpha value is -1.12. The van der Waals surface area contributed by atoms with Crippen molar-refractivity contribution in [3.8, 4) is 0 Å². The number of imidazole rings is 1. The van der Waals surface area contributed by atoms with Crippen LogP contribution in [0.5, 0.6) is 0 Å². The van der Waals surface area contributed by atoms with Crippen molar-refractivity contribution in [2.45, 2.75) is 24.5 Å².